The van der Waals surface area contributed by atoms with Crippen molar-refractivity contribution in [2.24, 2.45) is 11.7 Å². The van der Waals surface area contributed by atoms with Gasteiger partial charge in [-0.1, -0.05) is 25.8 Å². The number of hydrogen-bond acceptors (Lipinski definition) is 3. The van der Waals surface area contributed by atoms with Gasteiger partial charge in [-0.25, -0.2) is 0 Å². The maximum absolute atomic E-state index is 12.0. The molecule has 4 heteroatoms. The van der Waals surface area contributed by atoms with Crippen LogP contribution in [0, 0.1) is 5.92 Å². The Morgan fingerprint density at radius 2 is 2.15 bits per heavy atom. The van der Waals surface area contributed by atoms with E-state index < -0.39 is 0 Å². The third-order valence-electron chi connectivity index (χ3n) is 3.40. The normalized spacial score (nSPS) is 12.2. The van der Waals surface area contributed by atoms with Gasteiger partial charge in [0.2, 0.25) is 5.91 Å². The van der Waals surface area contributed by atoms with Gasteiger partial charge in [0, 0.05) is 17.0 Å². The minimum Gasteiger partial charge on any atom is -0.330 e. The van der Waals surface area contributed by atoms with Crippen molar-refractivity contribution in [3.63, 3.8) is 0 Å². The maximum atomic E-state index is 12.0. The molecule has 1 atom stereocenters. The number of benzene rings is 1. The Morgan fingerprint density at radius 1 is 1.35 bits per heavy atom. The van der Waals surface area contributed by atoms with Gasteiger partial charge in [-0.15, -0.1) is 11.8 Å². The van der Waals surface area contributed by atoms with Gasteiger partial charge in [0.05, 0.1) is 0 Å². The smallest absolute Gasteiger partial charge is 0.224 e. The van der Waals surface area contributed by atoms with Crippen LogP contribution in [0.5, 0.6) is 0 Å². The van der Waals surface area contributed by atoms with E-state index >= 15 is 0 Å². The van der Waals surface area contributed by atoms with Gasteiger partial charge in [-0.2, -0.15) is 0 Å². The fourth-order valence-electron chi connectivity index (χ4n) is 2.34. The molecule has 0 bridgehead atoms. The van der Waals surface area contributed by atoms with Gasteiger partial charge in [-0.3, -0.25) is 4.79 Å². The van der Waals surface area contributed by atoms with E-state index in [9.17, 15) is 4.79 Å². The van der Waals surface area contributed by atoms with Crippen molar-refractivity contribution in [3.8, 4) is 0 Å². The first-order chi connectivity index (χ1) is 9.69. The standard InChI is InChI=1S/C16H26N2OS/c1-3-5-13(10-11-17)8-9-16(19)18-14-6-4-7-15(12-14)20-2/h4,6-7,12-13H,3,5,8-11,17H2,1-2H3,(H,18,19). The summed E-state index contributed by atoms with van der Waals surface area (Å²) >= 11 is 1.68. The number of carbonyl (C=O) groups is 1. The summed E-state index contributed by atoms with van der Waals surface area (Å²) in [6.45, 7) is 2.89. The van der Waals surface area contributed by atoms with E-state index in [4.69, 9.17) is 5.73 Å². The zero-order valence-corrected chi connectivity index (χ0v) is 13.3. The molecule has 3 N–H and O–H groups in total. The molecule has 0 aliphatic carbocycles. The summed E-state index contributed by atoms with van der Waals surface area (Å²) in [5.41, 5.74) is 6.50. The molecule has 0 heterocycles. The predicted octanol–water partition coefficient (Wildman–Crippen LogP) is 3.89. The van der Waals surface area contributed by atoms with Crippen molar-refractivity contribution in [1.82, 2.24) is 0 Å². The number of nitrogens with two attached hydrogens (primary N) is 1. The van der Waals surface area contributed by atoms with Gasteiger partial charge in [0.25, 0.3) is 0 Å². The average Bonchev–Trinajstić information content (AvgIpc) is 2.45. The Hall–Kier alpha value is -1.00. The second-order valence-electron chi connectivity index (χ2n) is 5.05. The Kier molecular flexibility index (Phi) is 8.38. The van der Waals surface area contributed by atoms with Crippen LogP contribution < -0.4 is 11.1 Å². The van der Waals surface area contributed by atoms with Crippen molar-refractivity contribution in [3.05, 3.63) is 24.3 Å². The molecule has 0 radical (unpaired) electrons. The van der Waals surface area contributed by atoms with Crippen LogP contribution in [0.1, 0.15) is 39.0 Å². The van der Waals surface area contributed by atoms with Gasteiger partial charge in [-0.05, 0) is 49.8 Å². The molecule has 20 heavy (non-hydrogen) atoms. The quantitative estimate of drug-likeness (QED) is 0.679. The number of thioether (sulfide) groups is 1. The summed E-state index contributed by atoms with van der Waals surface area (Å²) in [4.78, 5) is 13.1. The fourth-order valence-corrected chi connectivity index (χ4v) is 2.80. The molecule has 0 saturated heterocycles. The SMILES string of the molecule is CCCC(CCN)CCC(=O)Nc1cccc(SC)c1. The summed E-state index contributed by atoms with van der Waals surface area (Å²) < 4.78 is 0. The van der Waals surface area contributed by atoms with Crippen LogP contribution >= 0.6 is 11.8 Å². The zero-order valence-electron chi connectivity index (χ0n) is 12.5. The summed E-state index contributed by atoms with van der Waals surface area (Å²) in [5.74, 6) is 0.676. The second kappa shape index (κ2) is 9.83. The van der Waals surface area contributed by atoms with E-state index in [1.165, 1.54) is 0 Å². The van der Waals surface area contributed by atoms with E-state index in [1.807, 2.05) is 30.5 Å². The lowest BCUT2D eigenvalue weighted by Gasteiger charge is -2.14. The van der Waals surface area contributed by atoms with E-state index in [0.717, 1.165) is 36.3 Å². The lowest BCUT2D eigenvalue weighted by Crippen LogP contribution is -2.15. The number of carbonyl (C=O) groups excluding carboxylic acids is 1. The van der Waals surface area contributed by atoms with Gasteiger partial charge in [0.15, 0.2) is 0 Å². The second-order valence-corrected chi connectivity index (χ2v) is 5.93. The average molecular weight is 294 g/mol. The molecule has 1 unspecified atom stereocenters. The third kappa shape index (κ3) is 6.44. The van der Waals surface area contributed by atoms with Gasteiger partial charge >= 0.3 is 0 Å². The number of nitrogens with one attached hydrogen (secondary N) is 1. The molecule has 112 valence electrons. The highest BCUT2D eigenvalue weighted by Crippen LogP contribution is 2.20. The summed E-state index contributed by atoms with van der Waals surface area (Å²) in [6, 6.07) is 7.95. The molecule has 1 amide bonds. The lowest BCUT2D eigenvalue weighted by molar-refractivity contribution is -0.116. The van der Waals surface area contributed by atoms with E-state index in [0.29, 0.717) is 18.9 Å². The van der Waals surface area contributed by atoms with E-state index in [1.54, 1.807) is 11.8 Å². The largest absolute Gasteiger partial charge is 0.330 e. The minimum absolute atomic E-state index is 0.0985. The van der Waals surface area contributed by atoms with Crippen molar-refractivity contribution >= 4 is 23.4 Å². The topological polar surface area (TPSA) is 55.1 Å². The van der Waals surface area contributed by atoms with Crippen LogP contribution in [0.2, 0.25) is 0 Å². The molecule has 3 nitrogen and oxygen atoms in total. The molecule has 1 aromatic carbocycles. The van der Waals surface area contributed by atoms with Crippen LogP contribution in [0.4, 0.5) is 5.69 Å². The number of rotatable bonds is 9. The summed E-state index contributed by atoms with van der Waals surface area (Å²) in [7, 11) is 0. The maximum Gasteiger partial charge on any atom is 0.224 e. The molecule has 0 saturated carbocycles. The number of amides is 1. The van der Waals surface area contributed by atoms with Gasteiger partial charge < -0.3 is 11.1 Å². The summed E-state index contributed by atoms with van der Waals surface area (Å²) in [6.07, 6.45) is 6.87. The molecule has 0 aliphatic rings. The van der Waals surface area contributed by atoms with E-state index in [-0.39, 0.29) is 5.91 Å². The monoisotopic (exact) mass is 294 g/mol. The van der Waals surface area contributed by atoms with Gasteiger partial charge in [0.1, 0.15) is 0 Å². The highest BCUT2D eigenvalue weighted by Gasteiger charge is 2.10. The first-order valence-electron chi connectivity index (χ1n) is 7.33. The predicted molar refractivity (Wildman–Crippen MR) is 88.2 cm³/mol. The highest BCUT2D eigenvalue weighted by atomic mass is 32.2. The highest BCUT2D eigenvalue weighted by molar-refractivity contribution is 7.98. The molecule has 0 aliphatic heterocycles. The number of hydrogen-bond donors (Lipinski definition) is 2. The Bertz CT molecular complexity index is 403. The Morgan fingerprint density at radius 3 is 2.80 bits per heavy atom. The molecule has 0 aromatic heterocycles. The first kappa shape index (κ1) is 17.1. The fraction of sp³-hybridized carbons (Fsp3) is 0.562. The zero-order chi connectivity index (χ0) is 14.8. The third-order valence-corrected chi connectivity index (χ3v) is 4.13. The molecule has 0 spiro atoms. The van der Waals surface area contributed by atoms with Crippen LogP contribution in [0.15, 0.2) is 29.2 Å². The van der Waals surface area contributed by atoms with Crippen molar-refractivity contribution in [1.29, 1.82) is 0 Å². The number of anilines is 1. The minimum atomic E-state index is 0.0985. The van der Waals surface area contributed by atoms with Crippen molar-refractivity contribution < 1.29 is 4.79 Å². The molecule has 1 rings (SSSR count). The van der Waals surface area contributed by atoms with Crippen LogP contribution in [-0.4, -0.2) is 18.7 Å². The molecular formula is C16H26N2OS. The van der Waals surface area contributed by atoms with Crippen LogP contribution in [0.3, 0.4) is 0 Å². The first-order valence-corrected chi connectivity index (χ1v) is 8.56. The Labute approximate surface area is 126 Å². The Balaban J connectivity index is 2.42. The molecular weight excluding hydrogens is 268 g/mol. The van der Waals surface area contributed by atoms with Crippen LogP contribution in [-0.2, 0) is 4.79 Å². The molecule has 0 fully saturated rings. The van der Waals surface area contributed by atoms with Crippen molar-refractivity contribution in [2.45, 2.75) is 43.9 Å². The lowest BCUT2D eigenvalue weighted by atomic mass is 9.94. The molecule has 1 aromatic rings. The van der Waals surface area contributed by atoms with Crippen LogP contribution in [0.25, 0.3) is 0 Å². The van der Waals surface area contributed by atoms with Crippen molar-refractivity contribution in [2.75, 3.05) is 18.1 Å². The van der Waals surface area contributed by atoms with E-state index in [2.05, 4.69) is 12.2 Å². The summed E-state index contributed by atoms with van der Waals surface area (Å²) in [5, 5.41) is 2.97.